The highest BCUT2D eigenvalue weighted by molar-refractivity contribution is 6.30. The van der Waals surface area contributed by atoms with Crippen LogP contribution in [0.2, 0.25) is 5.02 Å². The molecule has 1 aromatic carbocycles. The first-order valence-electron chi connectivity index (χ1n) is 13.9. The molecule has 0 unspecified atom stereocenters. The highest BCUT2D eigenvalue weighted by Gasteiger charge is 2.44. The van der Waals surface area contributed by atoms with Crippen molar-refractivity contribution in [3.8, 4) is 28.5 Å². The Morgan fingerprint density at radius 1 is 1.20 bits per heavy atom. The molecule has 4 atom stereocenters. The van der Waals surface area contributed by atoms with Crippen molar-refractivity contribution in [3.63, 3.8) is 0 Å². The monoisotopic (exact) mass is 673 g/mol. The third-order valence-electron chi connectivity index (χ3n) is 6.78. The van der Waals surface area contributed by atoms with E-state index in [2.05, 4.69) is 25.4 Å². The van der Waals surface area contributed by atoms with Crippen molar-refractivity contribution in [1.29, 1.82) is 0 Å². The first-order valence-corrected chi connectivity index (χ1v) is 14.2. The Morgan fingerprint density at radius 2 is 1.96 bits per heavy atom. The topological polar surface area (TPSA) is 224 Å². The zero-order valence-corrected chi connectivity index (χ0v) is 24.9. The van der Waals surface area contributed by atoms with Crippen LogP contribution in [0.25, 0.3) is 33.8 Å². The van der Waals surface area contributed by atoms with Crippen LogP contribution in [0.4, 0.5) is 19.0 Å². The minimum atomic E-state index is -5.37. The number of halogens is 4. The maximum absolute atomic E-state index is 12.8. The van der Waals surface area contributed by atoms with E-state index < -0.39 is 49.7 Å². The van der Waals surface area contributed by atoms with Crippen LogP contribution in [-0.2, 0) is 16.1 Å². The predicted molar refractivity (Wildman–Crippen MR) is 155 cm³/mol. The number of nitrogens with zero attached hydrogens (tertiary/aromatic N) is 5. The Kier molecular flexibility index (Phi) is 11.4. The number of alkyl halides is 3. The number of pyridine rings is 1. The number of hydrogen-bond acceptors (Lipinski definition) is 14. The Hall–Kier alpha value is -4.07. The summed E-state index contributed by atoms with van der Waals surface area (Å²) >= 11 is 6.22. The third-order valence-corrected chi connectivity index (χ3v) is 7.01. The summed E-state index contributed by atoms with van der Waals surface area (Å²) in [7, 11) is 0. The molecule has 3 aromatic heterocycles. The highest BCUT2D eigenvalue weighted by atomic mass is 35.5. The van der Waals surface area contributed by atoms with E-state index in [1.54, 1.807) is 22.8 Å². The quantitative estimate of drug-likeness (QED) is 0.0773. The molecule has 0 fully saturated rings. The predicted octanol–water partition coefficient (Wildman–Crippen LogP) is 1.31. The maximum Gasteiger partial charge on any atom is 0.490 e. The van der Waals surface area contributed by atoms with Crippen LogP contribution < -0.4 is 15.8 Å². The number of nitrogens with two attached hydrogens (primary N) is 1. The number of imidazole rings is 1. The van der Waals surface area contributed by atoms with Gasteiger partial charge >= 0.3 is 12.1 Å². The van der Waals surface area contributed by atoms with E-state index in [-0.39, 0.29) is 31.1 Å². The van der Waals surface area contributed by atoms with Crippen molar-refractivity contribution in [2.45, 2.75) is 50.5 Å². The van der Waals surface area contributed by atoms with E-state index in [1.807, 2.05) is 13.0 Å². The minimum absolute atomic E-state index is 0.0264. The molecule has 0 saturated heterocycles. The number of aromatic nitrogens is 5. The number of aryl methyl sites for hydroxylation is 1. The second-order valence-corrected chi connectivity index (χ2v) is 10.4. The Bertz CT molecular complexity index is 1640. The number of esters is 1. The first kappa shape index (κ1) is 34.8. The van der Waals surface area contributed by atoms with Gasteiger partial charge in [-0.05, 0) is 42.3 Å². The van der Waals surface area contributed by atoms with E-state index in [0.29, 0.717) is 45.4 Å². The molecule has 3 heterocycles. The van der Waals surface area contributed by atoms with Gasteiger partial charge in [-0.3, -0.25) is 0 Å². The van der Waals surface area contributed by atoms with Crippen molar-refractivity contribution in [2.75, 3.05) is 32.0 Å². The average molecular weight is 674 g/mol. The van der Waals surface area contributed by atoms with Gasteiger partial charge in [-0.2, -0.15) is 13.2 Å². The lowest BCUT2D eigenvalue weighted by molar-refractivity contribution is -0.213. The molecule has 250 valence electrons. The fourth-order valence-corrected chi connectivity index (χ4v) is 4.71. The molecular weight excluding hydrogens is 643 g/mol. The Labute approximate surface area is 263 Å². The van der Waals surface area contributed by atoms with Crippen LogP contribution >= 0.6 is 11.6 Å². The zero-order chi connectivity index (χ0) is 33.6. The largest absolute Gasteiger partial charge is 0.490 e. The maximum atomic E-state index is 12.8. The summed E-state index contributed by atoms with van der Waals surface area (Å²) in [6.45, 7) is 0.923. The molecule has 0 aliphatic rings. The van der Waals surface area contributed by atoms with Crippen molar-refractivity contribution < 1.29 is 52.5 Å². The third kappa shape index (κ3) is 7.83. The van der Waals surface area contributed by atoms with Crippen molar-refractivity contribution >= 4 is 34.4 Å². The van der Waals surface area contributed by atoms with Gasteiger partial charge in [-0.15, -0.1) is 0 Å². The van der Waals surface area contributed by atoms with E-state index in [4.69, 9.17) is 36.8 Å². The number of nitrogens with one attached hydrogen (secondary N) is 1. The van der Waals surface area contributed by atoms with Crippen LogP contribution in [0.1, 0.15) is 13.3 Å². The standard InChI is InChI=1S/C27H31ClF3N7O8/c1-2-38-21-16(44-8-4-7-33-10-17(45-26(43)27(29,30)31)23(42)22(41)15(40)12-39)11-34-18(13-5-3-6-14(28)9-13)19(21)35-25(38)20-24(32)37-46-36-20/h3,5-6,9,11,15,17,22-23,33,39-42H,2,4,7-8,10,12H2,1H3,(H2,32,37)/t15-,17+,22-,23-/m1/s1. The lowest BCUT2D eigenvalue weighted by atomic mass is 10.0. The number of hydrogen-bond donors (Lipinski definition) is 6. The highest BCUT2D eigenvalue weighted by Crippen LogP contribution is 2.37. The van der Waals surface area contributed by atoms with Crippen molar-refractivity contribution in [3.05, 3.63) is 35.5 Å². The fourth-order valence-electron chi connectivity index (χ4n) is 4.52. The lowest BCUT2D eigenvalue weighted by Gasteiger charge is -2.29. The molecule has 0 radical (unpaired) electrons. The Balaban J connectivity index is 1.50. The number of anilines is 1. The number of ether oxygens (including phenoxy) is 2. The zero-order valence-electron chi connectivity index (χ0n) is 24.2. The van der Waals surface area contributed by atoms with Crippen molar-refractivity contribution in [1.82, 2.24) is 30.2 Å². The summed E-state index contributed by atoms with van der Waals surface area (Å²) in [6.07, 6.45) is -11.6. The van der Waals surface area contributed by atoms with Gasteiger partial charge in [-0.25, -0.2) is 19.4 Å². The van der Waals surface area contributed by atoms with E-state index in [0.717, 1.165) is 0 Å². The van der Waals surface area contributed by atoms with E-state index in [1.165, 1.54) is 6.20 Å². The number of fused-ring (bicyclic) bond motifs is 1. The second kappa shape index (κ2) is 15.0. The number of aliphatic hydroxyl groups excluding tert-OH is 4. The second-order valence-electron chi connectivity index (χ2n) is 9.94. The molecule has 0 spiro atoms. The summed E-state index contributed by atoms with van der Waals surface area (Å²) in [5.74, 6) is -1.88. The first-order chi connectivity index (χ1) is 21.9. The van der Waals surface area contributed by atoms with Gasteiger partial charge in [0, 0.05) is 23.7 Å². The number of carbonyl (C=O) groups excluding carboxylic acids is 1. The Morgan fingerprint density at radius 3 is 2.59 bits per heavy atom. The molecule has 7 N–H and O–H groups in total. The lowest BCUT2D eigenvalue weighted by Crippen LogP contribution is -2.51. The van der Waals surface area contributed by atoms with Crippen LogP contribution in [0, 0.1) is 0 Å². The van der Waals surface area contributed by atoms with Gasteiger partial charge in [0.15, 0.2) is 23.1 Å². The SMILES string of the molecule is CCn1c(-c2nonc2N)nc2c(-c3cccc(Cl)c3)ncc(OCCCNC[C@H](OC(=O)C(F)(F)F)[C@@H](O)[C@H](O)[C@H](O)CO)c21. The normalized spacial score (nSPS) is 14.6. The van der Waals surface area contributed by atoms with E-state index in [9.17, 15) is 33.3 Å². The van der Waals surface area contributed by atoms with Crippen LogP contribution in [0.3, 0.4) is 0 Å². The van der Waals surface area contributed by atoms with Gasteiger partial charge in [0.05, 0.1) is 25.1 Å². The molecule has 46 heavy (non-hydrogen) atoms. The minimum Gasteiger partial charge on any atom is -0.490 e. The summed E-state index contributed by atoms with van der Waals surface area (Å²) in [6, 6.07) is 7.03. The average Bonchev–Trinajstić information content (AvgIpc) is 3.63. The summed E-state index contributed by atoms with van der Waals surface area (Å²) in [4.78, 5) is 20.7. The number of aliphatic hydroxyl groups is 4. The van der Waals surface area contributed by atoms with Crippen LogP contribution in [0.5, 0.6) is 5.75 Å². The van der Waals surface area contributed by atoms with Gasteiger partial charge in [0.2, 0.25) is 0 Å². The molecule has 4 rings (SSSR count). The molecule has 4 aromatic rings. The number of rotatable bonds is 15. The van der Waals surface area contributed by atoms with Gasteiger partial charge in [0.1, 0.15) is 35.4 Å². The molecule has 19 heteroatoms. The molecule has 15 nitrogen and oxygen atoms in total. The number of nitrogen functional groups attached to an aromatic ring is 1. The molecule has 0 aliphatic heterocycles. The summed E-state index contributed by atoms with van der Waals surface area (Å²) in [5.41, 5.74) is 8.35. The number of benzene rings is 1. The van der Waals surface area contributed by atoms with Gasteiger partial charge < -0.3 is 45.5 Å². The molecule has 0 amide bonds. The fraction of sp³-hybridized carbons (Fsp3) is 0.444. The van der Waals surface area contributed by atoms with Gasteiger partial charge in [-0.1, -0.05) is 23.7 Å². The molecule has 0 saturated carbocycles. The van der Waals surface area contributed by atoms with Crippen LogP contribution in [-0.4, -0.2) is 108 Å². The summed E-state index contributed by atoms with van der Waals surface area (Å²) in [5, 5.41) is 49.4. The summed E-state index contributed by atoms with van der Waals surface area (Å²) < 4.78 is 55.2. The van der Waals surface area contributed by atoms with Crippen LogP contribution in [0.15, 0.2) is 35.1 Å². The number of carbonyl (C=O) groups is 1. The smallest absolute Gasteiger partial charge is 0.490 e. The van der Waals surface area contributed by atoms with E-state index >= 15 is 0 Å². The molecule has 0 bridgehead atoms. The van der Waals surface area contributed by atoms with Gasteiger partial charge in [0.25, 0.3) is 0 Å². The molecular formula is C27H31ClF3N7O8. The molecule has 0 aliphatic carbocycles. The van der Waals surface area contributed by atoms with Crippen molar-refractivity contribution in [2.24, 2.45) is 0 Å².